The summed E-state index contributed by atoms with van der Waals surface area (Å²) in [4.78, 5) is 20.1. The number of aliphatic hydroxyl groups excluding tert-OH is 3. The molecule has 0 radical (unpaired) electrons. The fraction of sp³-hybridized carbons (Fsp3) is 0.717. The third kappa shape index (κ3) is 10.3. The first-order valence-electron chi connectivity index (χ1n) is 24.1. The van der Waals surface area contributed by atoms with Crippen LogP contribution in [0.5, 0.6) is 5.88 Å². The summed E-state index contributed by atoms with van der Waals surface area (Å²) in [6, 6.07) is 11.4. The van der Waals surface area contributed by atoms with Gasteiger partial charge in [0.1, 0.15) is 16.8 Å². The van der Waals surface area contributed by atoms with Crippen LogP contribution in [0.2, 0.25) is 0 Å². The van der Waals surface area contributed by atoms with Gasteiger partial charge in [-0.15, -0.1) is 0 Å². The van der Waals surface area contributed by atoms with Crippen LogP contribution in [-0.4, -0.2) is 62.8 Å². The summed E-state index contributed by atoms with van der Waals surface area (Å²) in [5, 5.41) is 30.2. The Bertz CT molecular complexity index is 1800. The summed E-state index contributed by atoms with van der Waals surface area (Å²) in [5.74, 6) is 4.33. The minimum Gasteiger partial charge on any atom is -0.474 e. The predicted octanol–water partition coefficient (Wildman–Crippen LogP) is 11.7. The molecule has 3 N–H and O–H groups in total. The summed E-state index contributed by atoms with van der Waals surface area (Å²) in [6.07, 6.45) is 20.0. The Labute approximate surface area is 382 Å². The molecule has 8 nitrogen and oxygen atoms in total. The number of aromatic nitrogens is 2. The minimum atomic E-state index is -0.312. The van der Waals surface area contributed by atoms with E-state index in [0.29, 0.717) is 53.7 Å². The topological polar surface area (TPSA) is 122 Å². The van der Waals surface area contributed by atoms with Gasteiger partial charge >= 0.3 is 5.97 Å². The number of halogens is 1. The van der Waals surface area contributed by atoms with E-state index in [1.165, 1.54) is 49.7 Å². The zero-order valence-electron chi connectivity index (χ0n) is 38.9. The van der Waals surface area contributed by atoms with Crippen LogP contribution in [0.1, 0.15) is 144 Å². The number of hydrogen-bond acceptors (Lipinski definition) is 8. The zero-order chi connectivity index (χ0) is 44.9. The molecule has 0 bridgehead atoms. The van der Waals surface area contributed by atoms with Gasteiger partial charge in [0.05, 0.1) is 6.10 Å². The molecule has 62 heavy (non-hydrogen) atoms. The van der Waals surface area contributed by atoms with E-state index >= 15 is 0 Å². The van der Waals surface area contributed by atoms with Gasteiger partial charge in [0.25, 0.3) is 0 Å². The molecule has 6 aliphatic carbocycles. The van der Waals surface area contributed by atoms with Gasteiger partial charge in [-0.3, -0.25) is 4.79 Å². The molecule has 0 amide bonds. The van der Waals surface area contributed by atoms with E-state index in [0.717, 1.165) is 62.4 Å². The van der Waals surface area contributed by atoms with Crippen molar-refractivity contribution in [3.8, 4) is 5.88 Å². The summed E-state index contributed by atoms with van der Waals surface area (Å²) >= 11 is 3.20. The second-order valence-corrected chi connectivity index (χ2v) is 22.1. The third-order valence-corrected chi connectivity index (χ3v) is 18.5. The summed E-state index contributed by atoms with van der Waals surface area (Å²) in [6.45, 7) is 22.7. The Morgan fingerprint density at radius 1 is 0.726 bits per heavy atom. The van der Waals surface area contributed by atoms with Crippen molar-refractivity contribution in [2.75, 3.05) is 13.2 Å². The van der Waals surface area contributed by atoms with Crippen LogP contribution in [0, 0.1) is 63.1 Å². The van der Waals surface area contributed by atoms with Crippen LogP contribution >= 0.6 is 15.9 Å². The number of nitrogens with zero attached hydrogens (tertiary/aromatic N) is 2. The van der Waals surface area contributed by atoms with E-state index in [4.69, 9.17) is 9.47 Å². The van der Waals surface area contributed by atoms with Gasteiger partial charge in [0, 0.05) is 55.8 Å². The number of allylic oxidation sites excluding steroid dienone is 2. The maximum absolute atomic E-state index is 11.8. The highest BCUT2D eigenvalue weighted by Gasteiger charge is 2.59. The van der Waals surface area contributed by atoms with Gasteiger partial charge in [-0.1, -0.05) is 71.1 Å². The number of fused-ring (bicyclic) bond motifs is 2. The molecule has 344 valence electrons. The van der Waals surface area contributed by atoms with Crippen molar-refractivity contribution in [2.45, 2.75) is 163 Å². The van der Waals surface area contributed by atoms with Crippen LogP contribution in [0.25, 0.3) is 0 Å². The fourth-order valence-electron chi connectivity index (χ4n) is 14.2. The van der Waals surface area contributed by atoms with Crippen molar-refractivity contribution < 1.29 is 29.6 Å². The highest BCUT2D eigenvalue weighted by Crippen LogP contribution is 2.65. The highest BCUT2D eigenvalue weighted by atomic mass is 79.9. The molecule has 8 rings (SSSR count). The molecule has 2 aromatic rings. The first-order chi connectivity index (χ1) is 29.5. The Kier molecular flexibility index (Phi) is 16.3. The normalized spacial score (nSPS) is 40.2. The average molecular weight is 920 g/mol. The highest BCUT2D eigenvalue weighted by molar-refractivity contribution is 9.10. The van der Waals surface area contributed by atoms with E-state index in [1.807, 2.05) is 36.4 Å². The van der Waals surface area contributed by atoms with Gasteiger partial charge in [0.15, 0.2) is 0 Å². The number of ether oxygens (including phenoxy) is 2. The van der Waals surface area contributed by atoms with Gasteiger partial charge in [-0.25, -0.2) is 9.97 Å². The monoisotopic (exact) mass is 919 g/mol. The largest absolute Gasteiger partial charge is 0.474 e. The average Bonchev–Trinajstić information content (AvgIpc) is 3.72. The first-order valence-corrected chi connectivity index (χ1v) is 24.9. The minimum absolute atomic E-state index is 0.0175. The van der Waals surface area contributed by atoms with Crippen LogP contribution in [0.4, 0.5) is 0 Å². The molecule has 0 saturated heterocycles. The van der Waals surface area contributed by atoms with E-state index in [-0.39, 0.29) is 59.2 Å². The number of carbonyl (C=O) groups is 1. The number of aliphatic hydroxyl groups is 3. The fourth-order valence-corrected chi connectivity index (χ4v) is 14.5. The Balaban J connectivity index is 0.000000179. The number of hydrogen-bond donors (Lipinski definition) is 3. The molecular formula is C53H79BrN2O6. The van der Waals surface area contributed by atoms with Crippen LogP contribution in [0.3, 0.4) is 0 Å². The molecular weight excluding hydrogens is 840 g/mol. The SMILES string of the molecule is Brc1ccccn1.C=C1CC[C@H]2[C@H](CCO)[C@@H]([C@@]3(C)CC[C@H](C)C[C@@H]3OC(C)=O)CC[C@]12C.C=C1CC[C@H]2[C@H](CCO)[C@@H]([C@@]3(C)CC[C@H](O)C[C@@H]3Oc3ccccn3)CC[C@]12C. The Morgan fingerprint density at radius 2 is 1.26 bits per heavy atom. The van der Waals surface area contributed by atoms with Gasteiger partial charge in [0.2, 0.25) is 5.88 Å². The summed E-state index contributed by atoms with van der Waals surface area (Å²) in [5.41, 5.74) is 3.30. The lowest BCUT2D eigenvalue weighted by atomic mass is 9.50. The Morgan fingerprint density at radius 3 is 1.73 bits per heavy atom. The number of carbonyl (C=O) groups excluding carboxylic acids is 1. The molecule has 2 aromatic heterocycles. The standard InChI is InChI=1S/C25H37NO3.C23H38O3.C5H4BrN/c1-17-7-8-20-19(11-15-27)21(10-13-24(17,20)2)25(3)12-9-18(28)16-22(25)29-23-6-4-5-14-26-23;1-15-8-11-23(5,21(14-15)26-17(3)25)20-9-12-22(4)16(2)6-7-19(22)18(20)10-13-24;6-5-3-1-2-4-7-5/h4-6,14,18-22,27-28H,1,7-13,15-16H2,2-3H3;15,18-21,24H,2,6-14H2,1,3-5H3;1-4H/t18-,19-,20-,21-,22-,24+,25+;15-,18-,19-,20-,21-,22+,23+;/m00./s1. The van der Waals surface area contributed by atoms with Crippen molar-refractivity contribution in [1.29, 1.82) is 0 Å². The van der Waals surface area contributed by atoms with Gasteiger partial charge in [-0.2, -0.15) is 0 Å². The number of rotatable bonds is 9. The number of pyridine rings is 2. The van der Waals surface area contributed by atoms with Gasteiger partial charge in [-0.05, 0) is 183 Å². The third-order valence-electron chi connectivity index (χ3n) is 18.0. The molecule has 0 unspecified atom stereocenters. The molecule has 6 fully saturated rings. The van der Waals surface area contributed by atoms with Crippen molar-refractivity contribution in [2.24, 2.45) is 63.1 Å². The van der Waals surface area contributed by atoms with Crippen molar-refractivity contribution >= 4 is 21.9 Å². The maximum Gasteiger partial charge on any atom is 0.302 e. The zero-order valence-corrected chi connectivity index (χ0v) is 40.5. The lowest BCUT2D eigenvalue weighted by molar-refractivity contribution is -0.169. The lowest BCUT2D eigenvalue weighted by Crippen LogP contribution is -2.54. The Hall–Kier alpha value is -2.59. The molecule has 0 spiro atoms. The second kappa shape index (κ2) is 20.7. The molecule has 2 heterocycles. The quantitative estimate of drug-likeness (QED) is 0.129. The summed E-state index contributed by atoms with van der Waals surface area (Å²) < 4.78 is 13.2. The van der Waals surface area contributed by atoms with Crippen LogP contribution < -0.4 is 4.74 Å². The van der Waals surface area contributed by atoms with E-state index in [2.05, 4.69) is 73.7 Å². The second-order valence-electron chi connectivity index (χ2n) is 21.3. The van der Waals surface area contributed by atoms with Crippen molar-refractivity contribution in [3.05, 3.63) is 77.7 Å². The van der Waals surface area contributed by atoms with E-state index in [9.17, 15) is 20.1 Å². The summed E-state index contributed by atoms with van der Waals surface area (Å²) in [7, 11) is 0. The smallest absolute Gasteiger partial charge is 0.302 e. The predicted molar refractivity (Wildman–Crippen MR) is 251 cm³/mol. The van der Waals surface area contributed by atoms with E-state index in [1.54, 1.807) is 19.3 Å². The van der Waals surface area contributed by atoms with E-state index < -0.39 is 0 Å². The molecule has 6 saturated carbocycles. The molecule has 14 atom stereocenters. The lowest BCUT2D eigenvalue weighted by Gasteiger charge is -2.56. The van der Waals surface area contributed by atoms with Crippen LogP contribution in [-0.2, 0) is 9.53 Å². The molecule has 6 aliphatic rings. The molecule has 0 aliphatic heterocycles. The number of esters is 1. The first kappa shape index (κ1) is 48.9. The van der Waals surface area contributed by atoms with Crippen molar-refractivity contribution in [1.82, 2.24) is 9.97 Å². The van der Waals surface area contributed by atoms with Crippen molar-refractivity contribution in [3.63, 3.8) is 0 Å². The van der Waals surface area contributed by atoms with Gasteiger partial charge < -0.3 is 24.8 Å². The maximum atomic E-state index is 11.8. The molecule has 0 aromatic carbocycles. The van der Waals surface area contributed by atoms with Crippen LogP contribution in [0.15, 0.2) is 77.7 Å². The molecule has 9 heteroatoms.